The van der Waals surface area contributed by atoms with E-state index < -0.39 is 10.1 Å². The first kappa shape index (κ1) is 11.2. The van der Waals surface area contributed by atoms with Gasteiger partial charge in [0.25, 0.3) is 10.1 Å². The van der Waals surface area contributed by atoms with E-state index in [-0.39, 0.29) is 4.90 Å². The van der Waals surface area contributed by atoms with E-state index in [1.165, 1.54) is 12.1 Å². The van der Waals surface area contributed by atoms with Crippen molar-refractivity contribution in [3.63, 3.8) is 0 Å². The third-order valence-corrected chi connectivity index (χ3v) is 3.90. The quantitative estimate of drug-likeness (QED) is 0.635. The van der Waals surface area contributed by atoms with Gasteiger partial charge in [-0.1, -0.05) is 11.6 Å². The molecular weight excluding hydrogens is 326 g/mol. The fourth-order valence-electron chi connectivity index (χ4n) is 0.771. The molecular formula is C7H6ClIO3S. The Kier molecular flexibility index (Phi) is 3.21. The van der Waals surface area contributed by atoms with Crippen LogP contribution in [-0.4, -0.2) is 13.0 Å². The van der Waals surface area contributed by atoms with E-state index in [0.29, 0.717) is 8.59 Å². The number of benzene rings is 1. The Balaban J connectivity index is 3.47. The molecule has 0 aromatic heterocycles. The molecule has 0 spiro atoms. The third-order valence-electron chi connectivity index (χ3n) is 1.55. The Morgan fingerprint density at radius 1 is 1.46 bits per heavy atom. The molecule has 0 aliphatic carbocycles. The summed E-state index contributed by atoms with van der Waals surface area (Å²) in [5.41, 5.74) is 0.801. The fraction of sp³-hybridized carbons (Fsp3) is 0.143. The van der Waals surface area contributed by atoms with Crippen molar-refractivity contribution in [2.45, 2.75) is 11.8 Å². The molecule has 3 nitrogen and oxygen atoms in total. The average molecular weight is 333 g/mol. The molecule has 6 heteroatoms. The van der Waals surface area contributed by atoms with Gasteiger partial charge in [0.15, 0.2) is 0 Å². The SMILES string of the molecule is Cc1c(Cl)cc(S(=O)(=O)O)cc1I. The van der Waals surface area contributed by atoms with Gasteiger partial charge in [-0.15, -0.1) is 0 Å². The van der Waals surface area contributed by atoms with Gasteiger partial charge < -0.3 is 0 Å². The molecule has 0 amide bonds. The van der Waals surface area contributed by atoms with E-state index in [2.05, 4.69) is 0 Å². The van der Waals surface area contributed by atoms with Crippen LogP contribution in [0, 0.1) is 10.5 Å². The molecule has 0 aliphatic heterocycles. The summed E-state index contributed by atoms with van der Waals surface area (Å²) in [6, 6.07) is 2.60. The Morgan fingerprint density at radius 3 is 2.38 bits per heavy atom. The lowest BCUT2D eigenvalue weighted by Gasteiger charge is -2.03. The van der Waals surface area contributed by atoms with Gasteiger partial charge in [-0.3, -0.25) is 4.55 Å². The summed E-state index contributed by atoms with van der Waals surface area (Å²) in [5, 5.41) is 0.333. The van der Waals surface area contributed by atoms with Crippen LogP contribution in [-0.2, 0) is 10.1 Å². The van der Waals surface area contributed by atoms with Crippen molar-refractivity contribution in [2.24, 2.45) is 0 Å². The van der Waals surface area contributed by atoms with Crippen LogP contribution >= 0.6 is 34.2 Å². The minimum absolute atomic E-state index is 0.174. The predicted octanol–water partition coefficient (Wildman–Crippen LogP) is 2.50. The van der Waals surface area contributed by atoms with Crippen LogP contribution in [0.5, 0.6) is 0 Å². The molecule has 0 unspecified atom stereocenters. The summed E-state index contributed by atoms with van der Waals surface area (Å²) >= 11 is 7.70. The summed E-state index contributed by atoms with van der Waals surface area (Å²) < 4.78 is 30.9. The average Bonchev–Trinajstić information content (AvgIpc) is 1.97. The highest BCUT2D eigenvalue weighted by molar-refractivity contribution is 14.1. The van der Waals surface area contributed by atoms with Crippen LogP contribution in [0.2, 0.25) is 5.02 Å². The normalized spacial score (nSPS) is 11.7. The highest BCUT2D eigenvalue weighted by Crippen LogP contribution is 2.25. The summed E-state index contributed by atoms with van der Waals surface area (Å²) in [7, 11) is -4.15. The van der Waals surface area contributed by atoms with E-state index >= 15 is 0 Å². The molecule has 0 aliphatic rings. The third kappa shape index (κ3) is 2.55. The van der Waals surface area contributed by atoms with Crippen LogP contribution in [0.15, 0.2) is 17.0 Å². The molecule has 72 valence electrons. The smallest absolute Gasteiger partial charge is 0.282 e. The van der Waals surface area contributed by atoms with Gasteiger partial charge in [-0.05, 0) is 47.2 Å². The molecule has 0 bridgehead atoms. The van der Waals surface area contributed by atoms with Crippen LogP contribution in [0.4, 0.5) is 0 Å². The number of hydrogen-bond donors (Lipinski definition) is 1. The zero-order valence-corrected chi connectivity index (χ0v) is 10.3. The Labute approximate surface area is 95.0 Å². The van der Waals surface area contributed by atoms with Crippen molar-refractivity contribution >= 4 is 44.3 Å². The minimum Gasteiger partial charge on any atom is -0.282 e. The number of hydrogen-bond acceptors (Lipinski definition) is 2. The Morgan fingerprint density at radius 2 is 2.00 bits per heavy atom. The second-order valence-corrected chi connectivity index (χ2v) is 5.48. The van der Waals surface area contributed by atoms with E-state index in [4.69, 9.17) is 16.2 Å². The van der Waals surface area contributed by atoms with Gasteiger partial charge in [0.2, 0.25) is 0 Å². The van der Waals surface area contributed by atoms with E-state index in [1.54, 1.807) is 6.92 Å². The molecule has 1 aromatic carbocycles. The summed E-state index contributed by atoms with van der Waals surface area (Å²) in [5.74, 6) is 0. The largest absolute Gasteiger partial charge is 0.294 e. The van der Waals surface area contributed by atoms with Crippen molar-refractivity contribution in [3.8, 4) is 0 Å². The van der Waals surface area contributed by atoms with Gasteiger partial charge in [0.1, 0.15) is 0 Å². The molecule has 1 aromatic rings. The van der Waals surface area contributed by atoms with Crippen LogP contribution < -0.4 is 0 Å². The van der Waals surface area contributed by atoms with Gasteiger partial charge in [-0.25, -0.2) is 0 Å². The first-order valence-electron chi connectivity index (χ1n) is 3.25. The number of halogens is 2. The molecule has 0 heterocycles. The van der Waals surface area contributed by atoms with Gasteiger partial charge >= 0.3 is 0 Å². The van der Waals surface area contributed by atoms with Crippen LogP contribution in [0.3, 0.4) is 0 Å². The standard InChI is InChI=1S/C7H6ClIO3S/c1-4-6(8)2-5(3-7(4)9)13(10,11)12/h2-3H,1H3,(H,10,11,12). The fourth-order valence-corrected chi connectivity index (χ4v) is 2.59. The van der Waals surface area contributed by atoms with Gasteiger partial charge in [0.05, 0.1) is 4.90 Å². The van der Waals surface area contributed by atoms with E-state index in [1.807, 2.05) is 22.6 Å². The highest BCUT2D eigenvalue weighted by atomic mass is 127. The second kappa shape index (κ2) is 3.72. The lowest BCUT2D eigenvalue weighted by Crippen LogP contribution is -1.99. The molecule has 0 fully saturated rings. The Hall–Kier alpha value is 0.150. The maximum absolute atomic E-state index is 10.7. The van der Waals surface area contributed by atoms with Crippen molar-refractivity contribution in [3.05, 3.63) is 26.3 Å². The Bertz CT molecular complexity index is 418. The lowest BCUT2D eigenvalue weighted by molar-refractivity contribution is 0.483. The van der Waals surface area contributed by atoms with Crippen LogP contribution in [0.25, 0.3) is 0 Å². The zero-order valence-electron chi connectivity index (χ0n) is 6.58. The topological polar surface area (TPSA) is 54.4 Å². The monoisotopic (exact) mass is 332 g/mol. The molecule has 0 saturated carbocycles. The molecule has 0 saturated heterocycles. The zero-order chi connectivity index (χ0) is 10.2. The molecule has 0 radical (unpaired) electrons. The molecule has 0 atom stereocenters. The van der Waals surface area contributed by atoms with Gasteiger partial charge in [-0.2, -0.15) is 8.42 Å². The maximum Gasteiger partial charge on any atom is 0.294 e. The van der Waals surface area contributed by atoms with E-state index in [0.717, 1.165) is 5.56 Å². The van der Waals surface area contributed by atoms with Crippen molar-refractivity contribution in [1.82, 2.24) is 0 Å². The molecule has 1 N–H and O–H groups in total. The van der Waals surface area contributed by atoms with Crippen molar-refractivity contribution in [1.29, 1.82) is 0 Å². The first-order chi connectivity index (χ1) is 5.82. The summed E-state index contributed by atoms with van der Waals surface area (Å²) in [4.78, 5) is -0.174. The van der Waals surface area contributed by atoms with Crippen molar-refractivity contribution < 1.29 is 13.0 Å². The minimum atomic E-state index is -4.15. The predicted molar refractivity (Wildman–Crippen MR) is 58.7 cm³/mol. The van der Waals surface area contributed by atoms with E-state index in [9.17, 15) is 8.42 Å². The van der Waals surface area contributed by atoms with Gasteiger partial charge in [0, 0.05) is 8.59 Å². The maximum atomic E-state index is 10.7. The van der Waals surface area contributed by atoms with Crippen LogP contribution in [0.1, 0.15) is 5.56 Å². The molecule has 13 heavy (non-hydrogen) atoms. The number of rotatable bonds is 1. The highest BCUT2D eigenvalue weighted by Gasteiger charge is 2.13. The van der Waals surface area contributed by atoms with Crippen molar-refractivity contribution in [2.75, 3.05) is 0 Å². The first-order valence-corrected chi connectivity index (χ1v) is 6.15. The molecule has 1 rings (SSSR count). The lowest BCUT2D eigenvalue weighted by atomic mass is 10.2. The second-order valence-electron chi connectivity index (χ2n) is 2.49. The summed E-state index contributed by atoms with van der Waals surface area (Å²) in [6.07, 6.45) is 0. The summed E-state index contributed by atoms with van der Waals surface area (Å²) in [6.45, 7) is 1.78.